The highest BCUT2D eigenvalue weighted by atomic mass is 16.5. The van der Waals surface area contributed by atoms with E-state index in [9.17, 15) is 9.59 Å². The van der Waals surface area contributed by atoms with Crippen molar-refractivity contribution in [3.05, 3.63) is 54.1 Å². The minimum Gasteiger partial charge on any atom is -0.497 e. The molecule has 2 aromatic carbocycles. The Morgan fingerprint density at radius 2 is 1.68 bits per heavy atom. The molecule has 0 aliphatic carbocycles. The molecule has 0 bridgehead atoms. The molecule has 1 N–H and O–H groups in total. The van der Waals surface area contributed by atoms with Crippen molar-refractivity contribution in [2.45, 2.75) is 38.6 Å². The first-order chi connectivity index (χ1) is 15.1. The molecule has 2 aliphatic rings. The number of rotatable bonds is 6. The molecule has 2 aromatic rings. The van der Waals surface area contributed by atoms with Gasteiger partial charge in [0, 0.05) is 43.5 Å². The largest absolute Gasteiger partial charge is 0.497 e. The third-order valence-electron chi connectivity index (χ3n) is 6.43. The van der Waals surface area contributed by atoms with Crippen molar-refractivity contribution in [2.24, 2.45) is 5.92 Å². The Bertz CT molecular complexity index is 903. The number of carbonyl (C=O) groups is 2. The number of piperidine rings is 1. The first-order valence-electron chi connectivity index (χ1n) is 11.2. The Labute approximate surface area is 184 Å². The predicted molar refractivity (Wildman–Crippen MR) is 123 cm³/mol. The molecule has 0 aromatic heterocycles. The van der Waals surface area contributed by atoms with Crippen LogP contribution < -0.4 is 19.9 Å². The average molecular weight is 422 g/mol. The molecule has 2 saturated heterocycles. The smallest absolute Gasteiger partial charge is 0.227 e. The van der Waals surface area contributed by atoms with E-state index in [1.165, 1.54) is 11.3 Å². The molecule has 0 saturated carbocycles. The molecule has 164 valence electrons. The Balaban J connectivity index is 1.28. The van der Waals surface area contributed by atoms with Gasteiger partial charge in [0.25, 0.3) is 0 Å². The van der Waals surface area contributed by atoms with Crippen molar-refractivity contribution in [1.82, 2.24) is 5.32 Å². The van der Waals surface area contributed by atoms with E-state index < -0.39 is 0 Å². The molecule has 2 aliphatic heterocycles. The van der Waals surface area contributed by atoms with Gasteiger partial charge in [-0.3, -0.25) is 9.59 Å². The van der Waals surface area contributed by atoms with Gasteiger partial charge in [-0.05, 0) is 61.2 Å². The Morgan fingerprint density at radius 3 is 2.29 bits per heavy atom. The number of nitrogens with one attached hydrogen (secondary N) is 1. The fourth-order valence-electron chi connectivity index (χ4n) is 4.44. The summed E-state index contributed by atoms with van der Waals surface area (Å²) in [6.07, 6.45) is 3.06. The molecule has 31 heavy (non-hydrogen) atoms. The van der Waals surface area contributed by atoms with E-state index in [0.29, 0.717) is 6.54 Å². The normalized spacial score (nSPS) is 19.5. The van der Waals surface area contributed by atoms with E-state index in [0.717, 1.165) is 43.8 Å². The van der Waals surface area contributed by atoms with Gasteiger partial charge in [0.2, 0.25) is 11.8 Å². The molecular formula is C25H31N3O3. The van der Waals surface area contributed by atoms with Crippen LogP contribution in [0.15, 0.2) is 48.5 Å². The standard InChI is InChI=1S/C25H31N3O3/c1-3-18-4-6-22(7-5-18)28-17-19(16-24(28)29)25(30)26-20-12-14-27(15-13-20)21-8-10-23(31-2)11-9-21/h4-11,19-20H,3,12-17H2,1-2H3,(H,26,30). The van der Waals surface area contributed by atoms with E-state index in [1.54, 1.807) is 12.0 Å². The molecule has 6 nitrogen and oxygen atoms in total. The highest BCUT2D eigenvalue weighted by Gasteiger charge is 2.36. The highest BCUT2D eigenvalue weighted by Crippen LogP contribution is 2.27. The van der Waals surface area contributed by atoms with Crippen molar-refractivity contribution in [2.75, 3.05) is 36.5 Å². The van der Waals surface area contributed by atoms with Crippen molar-refractivity contribution in [3.8, 4) is 5.75 Å². The molecule has 2 heterocycles. The number of nitrogens with zero attached hydrogens (tertiary/aromatic N) is 2. The summed E-state index contributed by atoms with van der Waals surface area (Å²) in [4.78, 5) is 29.4. The molecule has 1 unspecified atom stereocenters. The Kier molecular flexibility index (Phi) is 6.44. The number of carbonyl (C=O) groups excluding carboxylic acids is 2. The van der Waals surface area contributed by atoms with E-state index in [4.69, 9.17) is 4.74 Å². The van der Waals surface area contributed by atoms with Gasteiger partial charge in [0.05, 0.1) is 13.0 Å². The van der Waals surface area contributed by atoms with E-state index >= 15 is 0 Å². The topological polar surface area (TPSA) is 61.9 Å². The number of benzene rings is 2. The van der Waals surface area contributed by atoms with Crippen molar-refractivity contribution < 1.29 is 14.3 Å². The summed E-state index contributed by atoms with van der Waals surface area (Å²) in [7, 11) is 1.67. The van der Waals surface area contributed by atoms with Crippen LogP contribution in [0.2, 0.25) is 0 Å². The lowest BCUT2D eigenvalue weighted by Crippen LogP contribution is -2.46. The van der Waals surface area contributed by atoms with Crippen LogP contribution in [-0.4, -0.2) is 44.6 Å². The minimum absolute atomic E-state index is 0.00364. The van der Waals surface area contributed by atoms with Gasteiger partial charge in [0.1, 0.15) is 5.75 Å². The molecule has 2 fully saturated rings. The lowest BCUT2D eigenvalue weighted by molar-refractivity contribution is -0.127. The van der Waals surface area contributed by atoms with Gasteiger partial charge in [-0.1, -0.05) is 19.1 Å². The summed E-state index contributed by atoms with van der Waals surface area (Å²) in [5.74, 6) is 0.605. The van der Waals surface area contributed by atoms with Crippen LogP contribution in [0.5, 0.6) is 5.75 Å². The lowest BCUT2D eigenvalue weighted by Gasteiger charge is -2.34. The maximum atomic E-state index is 12.8. The summed E-state index contributed by atoms with van der Waals surface area (Å²) in [6, 6.07) is 16.3. The first kappa shape index (κ1) is 21.2. The fourth-order valence-corrected chi connectivity index (χ4v) is 4.44. The van der Waals surface area contributed by atoms with Gasteiger partial charge in [-0.25, -0.2) is 0 Å². The summed E-state index contributed by atoms with van der Waals surface area (Å²) in [5, 5.41) is 3.20. The summed E-state index contributed by atoms with van der Waals surface area (Å²) in [6.45, 7) is 4.37. The number of amides is 2. The summed E-state index contributed by atoms with van der Waals surface area (Å²) < 4.78 is 5.23. The monoisotopic (exact) mass is 421 g/mol. The lowest BCUT2D eigenvalue weighted by atomic mass is 10.0. The third kappa shape index (κ3) is 4.84. The molecule has 1 atom stereocenters. The zero-order valence-corrected chi connectivity index (χ0v) is 18.3. The zero-order chi connectivity index (χ0) is 21.8. The van der Waals surface area contributed by atoms with Gasteiger partial charge < -0.3 is 19.9 Å². The first-order valence-corrected chi connectivity index (χ1v) is 11.2. The average Bonchev–Trinajstić information content (AvgIpc) is 3.21. The molecule has 2 amide bonds. The minimum atomic E-state index is -0.280. The van der Waals surface area contributed by atoms with Gasteiger partial charge in [0.15, 0.2) is 0 Å². The number of methoxy groups -OCH3 is 1. The second kappa shape index (κ2) is 9.41. The van der Waals surface area contributed by atoms with Gasteiger partial charge in [-0.2, -0.15) is 0 Å². The maximum Gasteiger partial charge on any atom is 0.227 e. The number of anilines is 2. The van der Waals surface area contributed by atoms with Crippen LogP contribution in [0.4, 0.5) is 11.4 Å². The quantitative estimate of drug-likeness (QED) is 0.777. The second-order valence-electron chi connectivity index (χ2n) is 8.39. The van der Waals surface area contributed by atoms with Crippen molar-refractivity contribution in [3.63, 3.8) is 0 Å². The molecule has 4 rings (SSSR count). The number of aryl methyl sites for hydroxylation is 1. The Morgan fingerprint density at radius 1 is 1.03 bits per heavy atom. The number of hydrogen-bond donors (Lipinski definition) is 1. The third-order valence-corrected chi connectivity index (χ3v) is 6.43. The molecule has 6 heteroatoms. The molecular weight excluding hydrogens is 390 g/mol. The SMILES string of the molecule is CCc1ccc(N2CC(C(=O)NC3CCN(c4ccc(OC)cc4)CC3)CC2=O)cc1. The van der Waals surface area contributed by atoms with Gasteiger partial charge in [-0.15, -0.1) is 0 Å². The van der Waals surface area contributed by atoms with Crippen molar-refractivity contribution in [1.29, 1.82) is 0 Å². The van der Waals surface area contributed by atoms with E-state index in [-0.39, 0.29) is 30.2 Å². The zero-order valence-electron chi connectivity index (χ0n) is 18.3. The number of hydrogen-bond acceptors (Lipinski definition) is 4. The van der Waals surface area contributed by atoms with Crippen LogP contribution in [0, 0.1) is 5.92 Å². The number of ether oxygens (including phenoxy) is 1. The maximum absolute atomic E-state index is 12.8. The Hall–Kier alpha value is -3.02. The molecule has 0 spiro atoms. The van der Waals surface area contributed by atoms with Crippen LogP contribution in [0.1, 0.15) is 31.7 Å². The second-order valence-corrected chi connectivity index (χ2v) is 8.39. The van der Waals surface area contributed by atoms with Gasteiger partial charge >= 0.3 is 0 Å². The van der Waals surface area contributed by atoms with E-state index in [2.05, 4.69) is 29.3 Å². The fraction of sp³-hybridized carbons (Fsp3) is 0.440. The highest BCUT2D eigenvalue weighted by molar-refractivity contribution is 6.00. The van der Waals surface area contributed by atoms with Crippen LogP contribution >= 0.6 is 0 Å². The van der Waals surface area contributed by atoms with Crippen LogP contribution in [0.25, 0.3) is 0 Å². The van der Waals surface area contributed by atoms with E-state index in [1.807, 2.05) is 36.4 Å². The van der Waals surface area contributed by atoms with Crippen LogP contribution in [0.3, 0.4) is 0 Å². The summed E-state index contributed by atoms with van der Waals surface area (Å²) >= 11 is 0. The van der Waals surface area contributed by atoms with Crippen molar-refractivity contribution >= 4 is 23.2 Å². The predicted octanol–water partition coefficient (Wildman–Crippen LogP) is 3.40. The summed E-state index contributed by atoms with van der Waals surface area (Å²) in [5.41, 5.74) is 3.30. The molecule has 0 radical (unpaired) electrons. The van der Waals surface area contributed by atoms with Crippen LogP contribution in [-0.2, 0) is 16.0 Å².